The molecular weight excluding hydrogens is 390 g/mol. The van der Waals surface area contributed by atoms with Gasteiger partial charge in [-0.3, -0.25) is 9.59 Å². The van der Waals surface area contributed by atoms with Gasteiger partial charge >= 0.3 is 0 Å². The van der Waals surface area contributed by atoms with Crippen LogP contribution in [0, 0.1) is 11.3 Å². The SMILES string of the molecule is CCc1ccccc1NC(=O)CNC(=O)COc1ccc(-c2ccc(C#N)cc2)cc1. The lowest BCUT2D eigenvalue weighted by Gasteiger charge is -2.11. The Kier molecular flexibility index (Phi) is 7.39. The Morgan fingerprint density at radius 3 is 2.19 bits per heavy atom. The van der Waals surface area contributed by atoms with Gasteiger partial charge < -0.3 is 15.4 Å². The number of rotatable bonds is 8. The van der Waals surface area contributed by atoms with Crippen LogP contribution in [0.25, 0.3) is 11.1 Å². The first-order valence-electron chi connectivity index (χ1n) is 9.97. The minimum absolute atomic E-state index is 0.127. The third kappa shape index (κ3) is 6.18. The molecule has 3 rings (SSSR count). The molecule has 31 heavy (non-hydrogen) atoms. The molecule has 0 bridgehead atoms. The predicted molar refractivity (Wildman–Crippen MR) is 120 cm³/mol. The fourth-order valence-corrected chi connectivity index (χ4v) is 3.00. The fourth-order valence-electron chi connectivity index (χ4n) is 3.00. The van der Waals surface area contributed by atoms with Gasteiger partial charge in [-0.2, -0.15) is 5.26 Å². The molecule has 0 heterocycles. The average molecular weight is 413 g/mol. The number of benzene rings is 3. The summed E-state index contributed by atoms with van der Waals surface area (Å²) in [5, 5.41) is 14.2. The zero-order chi connectivity index (χ0) is 22.1. The molecule has 0 spiro atoms. The number of nitrogens with one attached hydrogen (secondary N) is 2. The summed E-state index contributed by atoms with van der Waals surface area (Å²) in [6.07, 6.45) is 0.806. The number of nitrogens with zero attached hydrogens (tertiary/aromatic N) is 1. The maximum Gasteiger partial charge on any atom is 0.258 e. The number of carbonyl (C=O) groups is 2. The molecule has 0 atom stereocenters. The molecule has 0 aliphatic rings. The van der Waals surface area contributed by atoms with Gasteiger partial charge in [0.2, 0.25) is 5.91 Å². The van der Waals surface area contributed by atoms with Crippen molar-refractivity contribution in [3.05, 3.63) is 83.9 Å². The van der Waals surface area contributed by atoms with Crippen LogP contribution >= 0.6 is 0 Å². The number of ether oxygens (including phenoxy) is 1. The number of para-hydroxylation sites is 1. The van der Waals surface area contributed by atoms with E-state index in [1.165, 1.54) is 0 Å². The van der Waals surface area contributed by atoms with Crippen molar-refractivity contribution >= 4 is 17.5 Å². The number of amides is 2. The van der Waals surface area contributed by atoms with Gasteiger partial charge in [0.15, 0.2) is 6.61 Å². The van der Waals surface area contributed by atoms with Gasteiger partial charge in [0.1, 0.15) is 5.75 Å². The molecule has 2 N–H and O–H groups in total. The highest BCUT2D eigenvalue weighted by molar-refractivity contribution is 5.95. The van der Waals surface area contributed by atoms with Crippen LogP contribution in [0.3, 0.4) is 0 Å². The van der Waals surface area contributed by atoms with Crippen molar-refractivity contribution in [1.29, 1.82) is 5.26 Å². The van der Waals surface area contributed by atoms with Gasteiger partial charge in [0.05, 0.1) is 18.2 Å². The number of anilines is 1. The van der Waals surface area contributed by atoms with Crippen LogP contribution in [0.1, 0.15) is 18.1 Å². The average Bonchev–Trinajstić information content (AvgIpc) is 2.82. The fraction of sp³-hybridized carbons (Fsp3) is 0.160. The van der Waals surface area contributed by atoms with Gasteiger partial charge in [-0.05, 0) is 53.4 Å². The van der Waals surface area contributed by atoms with Crippen molar-refractivity contribution in [2.45, 2.75) is 13.3 Å². The van der Waals surface area contributed by atoms with Gasteiger partial charge in [0.25, 0.3) is 5.91 Å². The summed E-state index contributed by atoms with van der Waals surface area (Å²) in [6, 6.07) is 24.3. The van der Waals surface area contributed by atoms with E-state index in [0.717, 1.165) is 28.8 Å². The first-order chi connectivity index (χ1) is 15.1. The van der Waals surface area contributed by atoms with Crippen LogP contribution in [0.2, 0.25) is 0 Å². The Bertz CT molecular complexity index is 1080. The number of hydrogen-bond donors (Lipinski definition) is 2. The smallest absolute Gasteiger partial charge is 0.258 e. The maximum atomic E-state index is 12.1. The van der Waals surface area contributed by atoms with E-state index >= 15 is 0 Å². The van der Waals surface area contributed by atoms with Crippen molar-refractivity contribution in [2.24, 2.45) is 0 Å². The van der Waals surface area contributed by atoms with Gasteiger partial charge in [0, 0.05) is 5.69 Å². The van der Waals surface area contributed by atoms with Crippen molar-refractivity contribution in [2.75, 3.05) is 18.5 Å². The topological polar surface area (TPSA) is 91.2 Å². The van der Waals surface area contributed by atoms with Gasteiger partial charge in [-0.25, -0.2) is 0 Å². The summed E-state index contributed by atoms with van der Waals surface area (Å²) >= 11 is 0. The molecule has 6 heteroatoms. The predicted octanol–water partition coefficient (Wildman–Crippen LogP) is 3.92. The third-order valence-electron chi connectivity index (χ3n) is 4.69. The molecule has 2 amide bonds. The van der Waals surface area contributed by atoms with Crippen LogP contribution in [-0.2, 0) is 16.0 Å². The van der Waals surface area contributed by atoms with Crippen LogP contribution in [-0.4, -0.2) is 25.0 Å². The Balaban J connectivity index is 1.45. The molecule has 0 aliphatic heterocycles. The lowest BCUT2D eigenvalue weighted by molar-refractivity contribution is -0.125. The standard InChI is InChI=1S/C25H23N3O3/c1-2-19-5-3-4-6-23(19)28-24(29)16-27-25(30)17-31-22-13-11-21(12-14-22)20-9-7-18(15-26)8-10-20/h3-14H,2,16-17H2,1H3,(H,27,30)(H,28,29). The summed E-state index contributed by atoms with van der Waals surface area (Å²) in [5.41, 5.74) is 4.36. The molecule has 0 aliphatic carbocycles. The molecule has 0 fully saturated rings. The summed E-state index contributed by atoms with van der Waals surface area (Å²) in [5.74, 6) is -0.120. The molecule has 156 valence electrons. The third-order valence-corrected chi connectivity index (χ3v) is 4.69. The van der Waals surface area contributed by atoms with E-state index in [0.29, 0.717) is 11.3 Å². The van der Waals surface area contributed by atoms with E-state index in [-0.39, 0.29) is 25.0 Å². The van der Waals surface area contributed by atoms with Crippen LogP contribution in [0.5, 0.6) is 5.75 Å². The van der Waals surface area contributed by atoms with Crippen LogP contribution in [0.4, 0.5) is 5.69 Å². The number of carbonyl (C=O) groups excluding carboxylic acids is 2. The quantitative estimate of drug-likeness (QED) is 0.586. The van der Waals surface area contributed by atoms with E-state index in [1.807, 2.05) is 55.5 Å². The second-order valence-electron chi connectivity index (χ2n) is 6.84. The normalized spacial score (nSPS) is 10.1. The maximum absolute atomic E-state index is 12.1. The summed E-state index contributed by atoms with van der Waals surface area (Å²) < 4.78 is 5.50. The van der Waals surface area contributed by atoms with Crippen LogP contribution < -0.4 is 15.4 Å². The van der Waals surface area contributed by atoms with Gasteiger partial charge in [-0.15, -0.1) is 0 Å². The first kappa shape index (κ1) is 21.6. The summed E-state index contributed by atoms with van der Waals surface area (Å²) in [7, 11) is 0. The first-order valence-corrected chi connectivity index (χ1v) is 9.97. The molecule has 0 saturated heterocycles. The molecule has 0 radical (unpaired) electrons. The number of nitriles is 1. The molecular formula is C25H23N3O3. The second kappa shape index (κ2) is 10.6. The zero-order valence-corrected chi connectivity index (χ0v) is 17.2. The lowest BCUT2D eigenvalue weighted by atomic mass is 10.0. The molecule has 0 aromatic heterocycles. The van der Waals surface area contributed by atoms with Crippen molar-refractivity contribution < 1.29 is 14.3 Å². The van der Waals surface area contributed by atoms with E-state index in [1.54, 1.807) is 24.3 Å². The van der Waals surface area contributed by atoms with Crippen molar-refractivity contribution in [3.63, 3.8) is 0 Å². The minimum atomic E-state index is -0.380. The Morgan fingerprint density at radius 2 is 1.55 bits per heavy atom. The molecule has 3 aromatic carbocycles. The largest absolute Gasteiger partial charge is 0.484 e. The van der Waals surface area contributed by atoms with E-state index < -0.39 is 0 Å². The van der Waals surface area contributed by atoms with Crippen LogP contribution in [0.15, 0.2) is 72.8 Å². The Hall–Kier alpha value is -4.11. The molecule has 3 aromatic rings. The zero-order valence-electron chi connectivity index (χ0n) is 17.2. The lowest BCUT2D eigenvalue weighted by Crippen LogP contribution is -2.35. The summed E-state index contributed by atoms with van der Waals surface area (Å²) in [6.45, 7) is 1.70. The Morgan fingerprint density at radius 1 is 0.903 bits per heavy atom. The second-order valence-corrected chi connectivity index (χ2v) is 6.84. The van der Waals surface area contributed by atoms with E-state index in [2.05, 4.69) is 16.7 Å². The minimum Gasteiger partial charge on any atom is -0.484 e. The monoisotopic (exact) mass is 413 g/mol. The highest BCUT2D eigenvalue weighted by Gasteiger charge is 2.09. The highest BCUT2D eigenvalue weighted by Crippen LogP contribution is 2.22. The van der Waals surface area contributed by atoms with E-state index in [4.69, 9.17) is 10.00 Å². The molecule has 0 saturated carbocycles. The molecule has 6 nitrogen and oxygen atoms in total. The molecule has 0 unspecified atom stereocenters. The van der Waals surface area contributed by atoms with Gasteiger partial charge in [-0.1, -0.05) is 49.4 Å². The number of aryl methyl sites for hydroxylation is 1. The van der Waals surface area contributed by atoms with Crippen molar-refractivity contribution in [1.82, 2.24) is 5.32 Å². The highest BCUT2D eigenvalue weighted by atomic mass is 16.5. The van der Waals surface area contributed by atoms with Crippen molar-refractivity contribution in [3.8, 4) is 22.9 Å². The number of hydrogen-bond acceptors (Lipinski definition) is 4. The Labute approximate surface area is 181 Å². The van der Waals surface area contributed by atoms with E-state index in [9.17, 15) is 9.59 Å². The summed E-state index contributed by atoms with van der Waals surface area (Å²) in [4.78, 5) is 24.1.